The van der Waals surface area contributed by atoms with Crippen molar-refractivity contribution in [3.05, 3.63) is 34.6 Å². The van der Waals surface area contributed by atoms with Crippen LogP contribution in [0.4, 0.5) is 4.39 Å². The van der Waals surface area contributed by atoms with Crippen LogP contribution in [0.25, 0.3) is 0 Å². The highest BCUT2D eigenvalue weighted by Gasteiger charge is 2.29. The number of hydrogen-bond donors (Lipinski definition) is 2. The summed E-state index contributed by atoms with van der Waals surface area (Å²) in [5.74, 6) is -0.228. The Morgan fingerprint density at radius 2 is 1.89 bits per heavy atom. The van der Waals surface area contributed by atoms with Gasteiger partial charge in [-0.3, -0.25) is 0 Å². The number of benzene rings is 1. The van der Waals surface area contributed by atoms with Crippen LogP contribution in [0.15, 0.2) is 18.2 Å². The van der Waals surface area contributed by atoms with Crippen molar-refractivity contribution in [3.63, 3.8) is 0 Å². The monoisotopic (exact) mass is 307 g/mol. The molecule has 1 aliphatic rings. The molecule has 0 spiro atoms. The smallest absolute Gasteiger partial charge is 0.128 e. The van der Waals surface area contributed by atoms with E-state index in [1.54, 1.807) is 0 Å². The van der Waals surface area contributed by atoms with E-state index in [0.29, 0.717) is 10.6 Å². The summed E-state index contributed by atoms with van der Waals surface area (Å²) in [6, 6.07) is 3.59. The van der Waals surface area contributed by atoms with Crippen molar-refractivity contribution in [2.45, 2.75) is 44.2 Å². The van der Waals surface area contributed by atoms with Gasteiger partial charge in [-0.25, -0.2) is 4.39 Å². The Hall–Kier alpha value is -0.350. The van der Waals surface area contributed by atoms with Crippen LogP contribution in [0.1, 0.15) is 43.7 Å². The third-order valence-electron chi connectivity index (χ3n) is 3.82. The molecule has 0 amide bonds. The summed E-state index contributed by atoms with van der Waals surface area (Å²) in [6.07, 6.45) is 4.69. The summed E-state index contributed by atoms with van der Waals surface area (Å²) in [5, 5.41) is 10.7. The Morgan fingerprint density at radius 1 is 1.26 bits per heavy atom. The minimum atomic E-state index is -0.702. The molecular weight excluding hydrogens is 288 g/mol. The van der Waals surface area contributed by atoms with Gasteiger partial charge in [0.15, 0.2) is 0 Å². The first-order valence-electron chi connectivity index (χ1n) is 6.48. The average Bonchev–Trinajstić information content (AvgIpc) is 2.41. The fraction of sp³-hybridized carbons (Fsp3) is 0.571. The molecule has 2 rings (SSSR count). The third-order valence-corrected chi connectivity index (χ3v) is 4.05. The minimum Gasteiger partial charge on any atom is -0.391 e. The molecule has 0 bridgehead atoms. The quantitative estimate of drug-likeness (QED) is 0.891. The lowest BCUT2D eigenvalue weighted by Crippen LogP contribution is -2.34. The molecule has 1 aliphatic carbocycles. The molecule has 108 valence electrons. The lowest BCUT2D eigenvalue weighted by molar-refractivity contribution is 0.0608. The van der Waals surface area contributed by atoms with Crippen LogP contribution in [-0.4, -0.2) is 11.2 Å². The molecule has 0 unspecified atom stereocenters. The van der Waals surface area contributed by atoms with Crippen molar-refractivity contribution in [3.8, 4) is 0 Å². The number of rotatable bonds is 3. The Kier molecular flexibility index (Phi) is 6.54. The molecule has 0 aliphatic heterocycles. The van der Waals surface area contributed by atoms with Crippen LogP contribution >= 0.6 is 24.0 Å². The van der Waals surface area contributed by atoms with Gasteiger partial charge in [-0.05, 0) is 37.0 Å². The van der Waals surface area contributed by atoms with E-state index >= 15 is 0 Å². The lowest BCUT2D eigenvalue weighted by Gasteiger charge is -2.30. The highest BCUT2D eigenvalue weighted by atomic mass is 35.5. The predicted octanol–water partition coefficient (Wildman–Crippen LogP) is 3.84. The molecule has 0 saturated heterocycles. The molecule has 1 aromatic carbocycles. The number of hydrogen-bond acceptors (Lipinski definition) is 2. The summed E-state index contributed by atoms with van der Waals surface area (Å²) in [6.45, 7) is 0. The largest absolute Gasteiger partial charge is 0.391 e. The first-order valence-corrected chi connectivity index (χ1v) is 6.86. The van der Waals surface area contributed by atoms with Crippen LogP contribution in [0.2, 0.25) is 5.02 Å². The van der Waals surface area contributed by atoms with E-state index in [4.69, 9.17) is 17.3 Å². The Morgan fingerprint density at radius 3 is 2.53 bits per heavy atom. The molecule has 0 aromatic heterocycles. The van der Waals surface area contributed by atoms with Crippen LogP contribution in [0.5, 0.6) is 0 Å². The number of halogens is 3. The zero-order valence-electron chi connectivity index (χ0n) is 10.7. The molecule has 1 saturated carbocycles. The van der Waals surface area contributed by atoms with E-state index in [2.05, 4.69) is 0 Å². The van der Waals surface area contributed by atoms with Crippen LogP contribution < -0.4 is 5.73 Å². The number of aliphatic hydroxyl groups excluding tert-OH is 1. The van der Waals surface area contributed by atoms with Gasteiger partial charge < -0.3 is 10.8 Å². The van der Waals surface area contributed by atoms with E-state index in [9.17, 15) is 9.50 Å². The van der Waals surface area contributed by atoms with Gasteiger partial charge in [-0.15, -0.1) is 12.4 Å². The summed E-state index contributed by atoms with van der Waals surface area (Å²) in [7, 11) is 0. The zero-order chi connectivity index (χ0) is 13.1. The standard InChI is InChI=1S/C14H19ClFNO.ClH/c15-10-6-7-12(16)11(8-10)13(17)14(18)9-4-2-1-3-5-9;/h6-9,13-14,18H,1-5,17H2;1H/t13-,14+;/m1./s1. The highest BCUT2D eigenvalue weighted by molar-refractivity contribution is 6.30. The van der Waals surface area contributed by atoms with Gasteiger partial charge in [0.2, 0.25) is 0 Å². The van der Waals surface area contributed by atoms with Crippen molar-refractivity contribution in [1.82, 2.24) is 0 Å². The first-order chi connectivity index (χ1) is 8.59. The maximum absolute atomic E-state index is 13.7. The summed E-state index contributed by atoms with van der Waals surface area (Å²) in [4.78, 5) is 0. The summed E-state index contributed by atoms with van der Waals surface area (Å²) >= 11 is 5.85. The topological polar surface area (TPSA) is 46.2 Å². The summed E-state index contributed by atoms with van der Waals surface area (Å²) < 4.78 is 13.7. The van der Waals surface area contributed by atoms with E-state index in [-0.39, 0.29) is 18.3 Å². The molecule has 1 aromatic rings. The molecule has 5 heteroatoms. The molecular formula is C14H20Cl2FNO. The van der Waals surface area contributed by atoms with Crippen LogP contribution in [-0.2, 0) is 0 Å². The van der Waals surface area contributed by atoms with Gasteiger partial charge in [-0.1, -0.05) is 30.9 Å². The van der Waals surface area contributed by atoms with Crippen LogP contribution in [0, 0.1) is 11.7 Å². The molecule has 3 N–H and O–H groups in total. The predicted molar refractivity (Wildman–Crippen MR) is 78.2 cm³/mol. The maximum Gasteiger partial charge on any atom is 0.128 e. The maximum atomic E-state index is 13.7. The fourth-order valence-electron chi connectivity index (χ4n) is 2.72. The SMILES string of the molecule is Cl.N[C@H](c1cc(Cl)ccc1F)[C@@H](O)C1CCCCC1. The molecule has 2 nitrogen and oxygen atoms in total. The van der Waals surface area contributed by atoms with E-state index in [1.807, 2.05) is 0 Å². The molecule has 19 heavy (non-hydrogen) atoms. The van der Waals surface area contributed by atoms with Crippen LogP contribution in [0.3, 0.4) is 0 Å². The second-order valence-corrected chi connectivity index (χ2v) is 5.52. The minimum absolute atomic E-state index is 0. The summed E-state index contributed by atoms with van der Waals surface area (Å²) in [5.41, 5.74) is 6.30. The molecule has 2 atom stereocenters. The molecule has 1 fully saturated rings. The van der Waals surface area contributed by atoms with Crippen molar-refractivity contribution in [2.24, 2.45) is 11.7 Å². The van der Waals surface area contributed by atoms with Gasteiger partial charge in [0.05, 0.1) is 12.1 Å². The lowest BCUT2D eigenvalue weighted by atomic mass is 9.81. The first kappa shape index (κ1) is 16.7. The van der Waals surface area contributed by atoms with Crippen molar-refractivity contribution in [1.29, 1.82) is 0 Å². The number of aliphatic hydroxyl groups is 1. The Labute approximate surface area is 124 Å². The molecule has 0 radical (unpaired) electrons. The second kappa shape index (κ2) is 7.44. The van der Waals surface area contributed by atoms with Crippen molar-refractivity contribution >= 4 is 24.0 Å². The fourth-order valence-corrected chi connectivity index (χ4v) is 2.90. The van der Waals surface area contributed by atoms with E-state index < -0.39 is 18.0 Å². The van der Waals surface area contributed by atoms with Gasteiger partial charge >= 0.3 is 0 Å². The van der Waals surface area contributed by atoms with E-state index in [0.717, 1.165) is 25.7 Å². The van der Waals surface area contributed by atoms with Gasteiger partial charge in [0.25, 0.3) is 0 Å². The Bertz CT molecular complexity index is 410. The zero-order valence-corrected chi connectivity index (χ0v) is 12.3. The Balaban J connectivity index is 0.00000180. The third kappa shape index (κ3) is 4.06. The van der Waals surface area contributed by atoms with Gasteiger partial charge in [0, 0.05) is 10.6 Å². The molecule has 0 heterocycles. The van der Waals surface area contributed by atoms with Gasteiger partial charge in [-0.2, -0.15) is 0 Å². The van der Waals surface area contributed by atoms with Crippen molar-refractivity contribution < 1.29 is 9.50 Å². The number of nitrogens with two attached hydrogens (primary N) is 1. The van der Waals surface area contributed by atoms with Gasteiger partial charge in [0.1, 0.15) is 5.82 Å². The average molecular weight is 308 g/mol. The normalized spacial score (nSPS) is 19.6. The van der Waals surface area contributed by atoms with E-state index in [1.165, 1.54) is 24.6 Å². The highest BCUT2D eigenvalue weighted by Crippen LogP contribution is 2.32. The second-order valence-electron chi connectivity index (χ2n) is 5.08. The van der Waals surface area contributed by atoms with Crippen molar-refractivity contribution in [2.75, 3.05) is 0 Å².